The van der Waals surface area contributed by atoms with Gasteiger partial charge in [-0.2, -0.15) is 5.10 Å². The molecule has 0 aliphatic heterocycles. The first-order valence-corrected chi connectivity index (χ1v) is 6.80. The van der Waals surface area contributed by atoms with Crippen LogP contribution in [-0.2, 0) is 0 Å². The summed E-state index contributed by atoms with van der Waals surface area (Å²) in [7, 11) is 3.14. The van der Waals surface area contributed by atoms with Gasteiger partial charge in [0.05, 0.1) is 19.9 Å². The van der Waals surface area contributed by atoms with Crippen molar-refractivity contribution in [3.05, 3.63) is 42.4 Å². The van der Waals surface area contributed by atoms with Crippen LogP contribution in [0.3, 0.4) is 0 Å². The van der Waals surface area contributed by atoms with Crippen LogP contribution in [-0.4, -0.2) is 40.3 Å². The van der Waals surface area contributed by atoms with Crippen LogP contribution < -0.4 is 14.8 Å². The molecule has 1 aromatic carbocycles. The molecule has 3 rings (SSSR count). The lowest BCUT2D eigenvalue weighted by Crippen LogP contribution is -2.13. The number of imidazole rings is 1. The van der Waals surface area contributed by atoms with E-state index in [1.165, 1.54) is 0 Å². The van der Waals surface area contributed by atoms with Crippen LogP contribution in [0.1, 0.15) is 10.5 Å². The van der Waals surface area contributed by atoms with Gasteiger partial charge in [-0.3, -0.25) is 15.2 Å². The van der Waals surface area contributed by atoms with E-state index in [2.05, 4.69) is 25.5 Å². The minimum absolute atomic E-state index is 0.256. The van der Waals surface area contributed by atoms with Crippen LogP contribution in [0.15, 0.2) is 36.7 Å². The third kappa shape index (κ3) is 3.00. The molecule has 8 heteroatoms. The van der Waals surface area contributed by atoms with E-state index < -0.39 is 0 Å². The Morgan fingerprint density at radius 2 is 2.00 bits per heavy atom. The number of nitrogens with zero attached hydrogens (tertiary/aromatic N) is 2. The summed E-state index contributed by atoms with van der Waals surface area (Å²) < 4.78 is 10.5. The molecule has 0 unspecified atom stereocenters. The number of carbonyl (C=O) groups is 1. The average molecular weight is 313 g/mol. The third-order valence-electron chi connectivity index (χ3n) is 3.24. The molecule has 1 amide bonds. The smallest absolute Gasteiger partial charge is 0.278 e. The highest BCUT2D eigenvalue weighted by Crippen LogP contribution is 2.31. The molecule has 2 aromatic heterocycles. The number of aromatic amines is 2. The molecule has 23 heavy (non-hydrogen) atoms. The van der Waals surface area contributed by atoms with Gasteiger partial charge < -0.3 is 14.5 Å². The van der Waals surface area contributed by atoms with Crippen molar-refractivity contribution in [2.24, 2.45) is 0 Å². The van der Waals surface area contributed by atoms with Crippen LogP contribution in [0.2, 0.25) is 0 Å². The molecule has 0 aliphatic carbocycles. The number of hydrogen-bond acceptors (Lipinski definition) is 5. The van der Waals surface area contributed by atoms with Crippen molar-refractivity contribution in [1.82, 2.24) is 20.2 Å². The van der Waals surface area contributed by atoms with Crippen LogP contribution in [0, 0.1) is 0 Å². The predicted molar refractivity (Wildman–Crippen MR) is 83.7 cm³/mol. The minimum Gasteiger partial charge on any atom is -0.493 e. The highest BCUT2D eigenvalue weighted by Gasteiger charge is 2.14. The van der Waals surface area contributed by atoms with Gasteiger partial charge in [0.2, 0.25) is 5.95 Å². The highest BCUT2D eigenvalue weighted by molar-refractivity contribution is 6.02. The van der Waals surface area contributed by atoms with Gasteiger partial charge in [-0.25, -0.2) is 4.98 Å². The summed E-state index contributed by atoms with van der Waals surface area (Å²) in [5.41, 5.74) is 1.77. The van der Waals surface area contributed by atoms with E-state index in [0.717, 1.165) is 5.56 Å². The Balaban J connectivity index is 1.82. The lowest BCUT2D eigenvalue weighted by atomic mass is 10.1. The van der Waals surface area contributed by atoms with E-state index in [1.807, 2.05) is 6.07 Å². The first-order chi connectivity index (χ1) is 11.2. The summed E-state index contributed by atoms with van der Waals surface area (Å²) in [5, 5.41) is 9.46. The van der Waals surface area contributed by atoms with E-state index in [4.69, 9.17) is 9.47 Å². The Morgan fingerprint density at radius 3 is 2.70 bits per heavy atom. The number of amides is 1. The SMILES string of the molecule is COc1ccc(-c2cc(C(=O)Nc3ncc[nH]3)n[nH]2)cc1OC. The van der Waals surface area contributed by atoms with Crippen molar-refractivity contribution in [1.29, 1.82) is 0 Å². The summed E-state index contributed by atoms with van der Waals surface area (Å²) in [6, 6.07) is 7.10. The van der Waals surface area contributed by atoms with Gasteiger partial charge in [0.1, 0.15) is 0 Å². The third-order valence-corrected chi connectivity index (χ3v) is 3.24. The fourth-order valence-corrected chi connectivity index (χ4v) is 2.09. The number of rotatable bonds is 5. The number of nitrogens with one attached hydrogen (secondary N) is 3. The molecule has 0 bridgehead atoms. The van der Waals surface area contributed by atoms with Crippen molar-refractivity contribution in [3.8, 4) is 22.8 Å². The molecule has 2 heterocycles. The van der Waals surface area contributed by atoms with E-state index in [0.29, 0.717) is 23.1 Å². The number of H-pyrrole nitrogens is 2. The molecule has 0 spiro atoms. The minimum atomic E-state index is -0.358. The molecule has 8 nitrogen and oxygen atoms in total. The molecule has 0 saturated heterocycles. The lowest BCUT2D eigenvalue weighted by molar-refractivity contribution is 0.102. The monoisotopic (exact) mass is 313 g/mol. The Bertz CT molecular complexity index is 810. The summed E-state index contributed by atoms with van der Waals surface area (Å²) in [4.78, 5) is 18.8. The molecule has 3 N–H and O–H groups in total. The van der Waals surface area contributed by atoms with Crippen LogP contribution in [0.25, 0.3) is 11.3 Å². The predicted octanol–water partition coefficient (Wildman–Crippen LogP) is 2.07. The number of methoxy groups -OCH3 is 2. The van der Waals surface area contributed by atoms with Gasteiger partial charge in [-0.1, -0.05) is 0 Å². The Morgan fingerprint density at radius 1 is 1.17 bits per heavy atom. The number of anilines is 1. The number of benzene rings is 1. The normalized spacial score (nSPS) is 10.3. The van der Waals surface area contributed by atoms with E-state index in [-0.39, 0.29) is 11.6 Å². The van der Waals surface area contributed by atoms with Crippen molar-refractivity contribution in [2.45, 2.75) is 0 Å². The van der Waals surface area contributed by atoms with Crippen molar-refractivity contribution < 1.29 is 14.3 Å². The summed E-state index contributed by atoms with van der Waals surface area (Å²) in [5.74, 6) is 1.24. The maximum Gasteiger partial charge on any atom is 0.278 e. The summed E-state index contributed by atoms with van der Waals surface area (Å²) in [6.07, 6.45) is 3.17. The first kappa shape index (κ1) is 14.6. The van der Waals surface area contributed by atoms with E-state index in [9.17, 15) is 4.79 Å². The zero-order valence-corrected chi connectivity index (χ0v) is 12.6. The fraction of sp³-hybridized carbons (Fsp3) is 0.133. The molecule has 0 radical (unpaired) electrons. The molecule has 0 saturated carbocycles. The number of aromatic nitrogens is 4. The second-order valence-corrected chi connectivity index (χ2v) is 4.63. The maximum atomic E-state index is 12.1. The van der Waals surface area contributed by atoms with Gasteiger partial charge >= 0.3 is 0 Å². The van der Waals surface area contributed by atoms with Gasteiger partial charge in [0.25, 0.3) is 5.91 Å². The zero-order chi connectivity index (χ0) is 16.2. The fourth-order valence-electron chi connectivity index (χ4n) is 2.09. The zero-order valence-electron chi connectivity index (χ0n) is 12.6. The molecule has 0 aliphatic rings. The number of ether oxygens (including phenoxy) is 2. The molecule has 0 atom stereocenters. The number of hydrogen-bond donors (Lipinski definition) is 3. The molecule has 0 fully saturated rings. The van der Waals surface area contributed by atoms with Crippen molar-refractivity contribution in [3.63, 3.8) is 0 Å². The number of carbonyl (C=O) groups excluding carboxylic acids is 1. The second kappa shape index (κ2) is 6.22. The average Bonchev–Trinajstić information content (AvgIpc) is 3.25. The van der Waals surface area contributed by atoms with Gasteiger partial charge in [0, 0.05) is 18.0 Å². The topological polar surface area (TPSA) is 105 Å². The van der Waals surface area contributed by atoms with Crippen LogP contribution in [0.5, 0.6) is 11.5 Å². The standard InChI is InChI=1S/C15H15N5O3/c1-22-12-4-3-9(7-13(12)23-2)10-8-11(20-19-10)14(21)18-15-16-5-6-17-15/h3-8H,1-2H3,(H,19,20)(H2,16,17,18,21). The summed E-state index contributed by atoms with van der Waals surface area (Å²) >= 11 is 0. The van der Waals surface area contributed by atoms with E-state index >= 15 is 0 Å². The molecule has 118 valence electrons. The molecular formula is C15H15N5O3. The van der Waals surface area contributed by atoms with Crippen molar-refractivity contribution >= 4 is 11.9 Å². The second-order valence-electron chi connectivity index (χ2n) is 4.63. The lowest BCUT2D eigenvalue weighted by Gasteiger charge is -2.08. The first-order valence-electron chi connectivity index (χ1n) is 6.80. The molecular weight excluding hydrogens is 298 g/mol. The van der Waals surface area contributed by atoms with Gasteiger partial charge in [0.15, 0.2) is 17.2 Å². The maximum absolute atomic E-state index is 12.1. The van der Waals surface area contributed by atoms with Crippen LogP contribution in [0.4, 0.5) is 5.95 Å². The van der Waals surface area contributed by atoms with Crippen LogP contribution >= 0.6 is 0 Å². The molecule has 3 aromatic rings. The van der Waals surface area contributed by atoms with Gasteiger partial charge in [-0.05, 0) is 24.3 Å². The van der Waals surface area contributed by atoms with Gasteiger partial charge in [-0.15, -0.1) is 0 Å². The Labute approximate surface area is 131 Å². The highest BCUT2D eigenvalue weighted by atomic mass is 16.5. The van der Waals surface area contributed by atoms with E-state index in [1.54, 1.807) is 44.8 Å². The Kier molecular flexibility index (Phi) is 3.96. The summed E-state index contributed by atoms with van der Waals surface area (Å²) in [6.45, 7) is 0. The Hall–Kier alpha value is -3.29. The quantitative estimate of drug-likeness (QED) is 0.669. The van der Waals surface area contributed by atoms with Crippen molar-refractivity contribution in [2.75, 3.05) is 19.5 Å². The largest absolute Gasteiger partial charge is 0.493 e.